The van der Waals surface area contributed by atoms with Crippen molar-refractivity contribution < 1.29 is 0 Å². The number of aliphatic imine (C=N–C) groups is 2. The molecule has 0 bridgehead atoms. The molecule has 4 heteroatoms. The molecule has 0 amide bonds. The van der Waals surface area contributed by atoms with Crippen molar-refractivity contribution in [3.8, 4) is 0 Å². The van der Waals surface area contributed by atoms with Gasteiger partial charge < -0.3 is 4.90 Å². The summed E-state index contributed by atoms with van der Waals surface area (Å²) in [6.07, 6.45) is 0. The van der Waals surface area contributed by atoms with Crippen LogP contribution in [0.1, 0.15) is 11.1 Å². The SMILES string of the molecule is CN(C)c1ccc(C2=NCC(c3ccc(I)cc3)=N2)cc1. The fourth-order valence-electron chi connectivity index (χ4n) is 2.21. The highest BCUT2D eigenvalue weighted by Gasteiger charge is 2.13. The van der Waals surface area contributed by atoms with Crippen LogP contribution < -0.4 is 4.90 Å². The molecule has 1 aliphatic rings. The van der Waals surface area contributed by atoms with E-state index in [9.17, 15) is 0 Å². The number of benzene rings is 2. The molecule has 0 saturated carbocycles. The van der Waals surface area contributed by atoms with Crippen molar-refractivity contribution in [3.63, 3.8) is 0 Å². The zero-order valence-corrected chi connectivity index (χ0v) is 14.2. The van der Waals surface area contributed by atoms with E-state index in [0.717, 1.165) is 22.7 Å². The van der Waals surface area contributed by atoms with Crippen molar-refractivity contribution >= 4 is 39.8 Å². The maximum Gasteiger partial charge on any atom is 0.155 e. The number of anilines is 1. The predicted molar refractivity (Wildman–Crippen MR) is 97.9 cm³/mol. The number of nitrogens with zero attached hydrogens (tertiary/aromatic N) is 3. The molecule has 0 N–H and O–H groups in total. The van der Waals surface area contributed by atoms with Crippen LogP contribution in [0.3, 0.4) is 0 Å². The van der Waals surface area contributed by atoms with E-state index in [4.69, 9.17) is 0 Å². The fraction of sp³-hybridized carbons (Fsp3) is 0.176. The van der Waals surface area contributed by atoms with Crippen molar-refractivity contribution in [2.45, 2.75) is 0 Å². The Morgan fingerprint density at radius 3 is 2.14 bits per heavy atom. The van der Waals surface area contributed by atoms with Crippen molar-refractivity contribution in [2.75, 3.05) is 25.5 Å². The van der Waals surface area contributed by atoms with Gasteiger partial charge in [0.25, 0.3) is 0 Å². The summed E-state index contributed by atoms with van der Waals surface area (Å²) in [6.45, 7) is 0.658. The van der Waals surface area contributed by atoms with E-state index in [1.807, 2.05) is 14.1 Å². The third kappa shape index (κ3) is 3.15. The van der Waals surface area contributed by atoms with Gasteiger partial charge in [0.2, 0.25) is 0 Å². The fourth-order valence-corrected chi connectivity index (χ4v) is 2.57. The number of rotatable bonds is 3. The molecule has 2 aromatic carbocycles. The van der Waals surface area contributed by atoms with Gasteiger partial charge in [-0.15, -0.1) is 0 Å². The lowest BCUT2D eigenvalue weighted by Gasteiger charge is -2.12. The summed E-state index contributed by atoms with van der Waals surface area (Å²) in [6, 6.07) is 16.8. The molecule has 0 atom stereocenters. The first kappa shape index (κ1) is 14.3. The normalized spacial score (nSPS) is 13.9. The number of halogens is 1. The van der Waals surface area contributed by atoms with Crippen LogP contribution in [0.4, 0.5) is 5.69 Å². The molecular weight excluding hydrogens is 373 g/mol. The second-order valence-corrected chi connectivity index (χ2v) is 6.39. The van der Waals surface area contributed by atoms with E-state index in [1.54, 1.807) is 0 Å². The summed E-state index contributed by atoms with van der Waals surface area (Å²) in [7, 11) is 4.07. The van der Waals surface area contributed by atoms with Gasteiger partial charge >= 0.3 is 0 Å². The van der Waals surface area contributed by atoms with Gasteiger partial charge in [0.1, 0.15) is 0 Å². The summed E-state index contributed by atoms with van der Waals surface area (Å²) in [5, 5.41) is 0. The van der Waals surface area contributed by atoms with E-state index < -0.39 is 0 Å². The van der Waals surface area contributed by atoms with Crippen LogP contribution in [0.15, 0.2) is 58.5 Å². The molecule has 0 radical (unpaired) electrons. The molecule has 106 valence electrons. The largest absolute Gasteiger partial charge is 0.378 e. The maximum absolute atomic E-state index is 4.68. The van der Waals surface area contributed by atoms with Crippen molar-refractivity contribution in [3.05, 3.63) is 63.2 Å². The second-order valence-electron chi connectivity index (χ2n) is 5.15. The van der Waals surface area contributed by atoms with Crippen LogP contribution in [0, 0.1) is 3.57 Å². The first-order chi connectivity index (χ1) is 10.1. The van der Waals surface area contributed by atoms with E-state index in [0.29, 0.717) is 6.54 Å². The van der Waals surface area contributed by atoms with Gasteiger partial charge in [-0.25, -0.2) is 4.99 Å². The summed E-state index contributed by atoms with van der Waals surface area (Å²) >= 11 is 2.31. The minimum Gasteiger partial charge on any atom is -0.378 e. The van der Waals surface area contributed by atoms with Crippen molar-refractivity contribution in [1.82, 2.24) is 0 Å². The Bertz CT molecular complexity index is 698. The van der Waals surface area contributed by atoms with Crippen LogP contribution >= 0.6 is 22.6 Å². The molecule has 0 aromatic heterocycles. The summed E-state index contributed by atoms with van der Waals surface area (Å²) in [5.41, 5.74) is 4.44. The lowest BCUT2D eigenvalue weighted by Crippen LogP contribution is -2.08. The molecule has 2 aromatic rings. The van der Waals surface area contributed by atoms with Crippen LogP contribution in [0.5, 0.6) is 0 Å². The highest BCUT2D eigenvalue weighted by atomic mass is 127. The Morgan fingerprint density at radius 2 is 1.52 bits per heavy atom. The Balaban J connectivity index is 1.83. The average molecular weight is 389 g/mol. The third-order valence-corrected chi connectivity index (χ3v) is 4.16. The third-order valence-electron chi connectivity index (χ3n) is 3.44. The van der Waals surface area contributed by atoms with Gasteiger partial charge in [-0.05, 0) is 64.6 Å². The first-order valence-electron chi connectivity index (χ1n) is 6.79. The monoisotopic (exact) mass is 389 g/mol. The Kier molecular flexibility index (Phi) is 4.05. The lowest BCUT2D eigenvalue weighted by atomic mass is 10.1. The van der Waals surface area contributed by atoms with E-state index in [-0.39, 0.29) is 0 Å². The zero-order chi connectivity index (χ0) is 14.8. The van der Waals surface area contributed by atoms with Gasteiger partial charge in [0, 0.05) is 28.9 Å². The Hall–Kier alpha value is -1.69. The topological polar surface area (TPSA) is 28.0 Å². The van der Waals surface area contributed by atoms with Crippen LogP contribution in [0.2, 0.25) is 0 Å². The highest BCUT2D eigenvalue weighted by Crippen LogP contribution is 2.17. The number of hydrogen-bond donors (Lipinski definition) is 0. The summed E-state index contributed by atoms with van der Waals surface area (Å²) in [5.74, 6) is 0.828. The molecule has 0 spiro atoms. The van der Waals surface area contributed by atoms with Crippen LogP contribution in [-0.4, -0.2) is 32.2 Å². The molecule has 0 saturated heterocycles. The molecule has 3 nitrogen and oxygen atoms in total. The van der Waals surface area contributed by atoms with Gasteiger partial charge in [-0.1, -0.05) is 12.1 Å². The standard InChI is InChI=1S/C17H16IN3/c1-21(2)15-9-5-13(6-10-15)17-19-11-16(20-17)12-3-7-14(18)8-4-12/h3-10H,11H2,1-2H3. The molecule has 0 aliphatic carbocycles. The Labute approximate surface area is 138 Å². The van der Waals surface area contributed by atoms with Crippen LogP contribution in [-0.2, 0) is 0 Å². The number of hydrogen-bond acceptors (Lipinski definition) is 3. The predicted octanol–water partition coefficient (Wildman–Crippen LogP) is 3.61. The molecule has 3 rings (SSSR count). The molecule has 1 aliphatic heterocycles. The van der Waals surface area contributed by atoms with Crippen molar-refractivity contribution in [1.29, 1.82) is 0 Å². The van der Waals surface area contributed by atoms with E-state index in [1.165, 1.54) is 9.26 Å². The molecule has 0 fully saturated rings. The zero-order valence-electron chi connectivity index (χ0n) is 12.0. The smallest absolute Gasteiger partial charge is 0.155 e. The first-order valence-corrected chi connectivity index (χ1v) is 7.87. The van der Waals surface area contributed by atoms with Crippen LogP contribution in [0.25, 0.3) is 0 Å². The van der Waals surface area contributed by atoms with Gasteiger partial charge in [-0.3, -0.25) is 4.99 Å². The van der Waals surface area contributed by atoms with E-state index >= 15 is 0 Å². The second kappa shape index (κ2) is 5.97. The minimum absolute atomic E-state index is 0.658. The quantitative estimate of drug-likeness (QED) is 0.738. The van der Waals surface area contributed by atoms with Gasteiger partial charge in [0.05, 0.1) is 12.3 Å². The molecule has 21 heavy (non-hydrogen) atoms. The lowest BCUT2D eigenvalue weighted by molar-refractivity contribution is 1.13. The highest BCUT2D eigenvalue weighted by molar-refractivity contribution is 14.1. The molecule has 0 unspecified atom stereocenters. The average Bonchev–Trinajstić information content (AvgIpc) is 2.98. The van der Waals surface area contributed by atoms with Gasteiger partial charge in [-0.2, -0.15) is 0 Å². The van der Waals surface area contributed by atoms with E-state index in [2.05, 4.69) is 86.0 Å². The van der Waals surface area contributed by atoms with Crippen molar-refractivity contribution in [2.24, 2.45) is 9.98 Å². The summed E-state index contributed by atoms with van der Waals surface area (Å²) < 4.78 is 1.23. The summed E-state index contributed by atoms with van der Waals surface area (Å²) in [4.78, 5) is 11.3. The molecular formula is C17H16IN3. The maximum atomic E-state index is 4.68. The van der Waals surface area contributed by atoms with Gasteiger partial charge in [0.15, 0.2) is 5.84 Å². The molecule has 1 heterocycles. The minimum atomic E-state index is 0.658. The number of amidine groups is 1. The Morgan fingerprint density at radius 1 is 0.905 bits per heavy atom.